The molecule has 0 aliphatic carbocycles. The summed E-state index contributed by atoms with van der Waals surface area (Å²) in [4.78, 5) is 0.239. The Bertz CT molecular complexity index is 506. The fraction of sp³-hybridized carbons (Fsp3) is 0.385. The third-order valence-electron chi connectivity index (χ3n) is 2.54. The molecular weight excluding hydrogens is 250 g/mol. The summed E-state index contributed by atoms with van der Waals surface area (Å²) < 4.78 is 26.0. The molecule has 5 heteroatoms. The van der Waals surface area contributed by atoms with Crippen molar-refractivity contribution in [2.45, 2.75) is 25.3 Å². The smallest absolute Gasteiger partial charge is 0.243 e. The minimum Gasteiger partial charge on any atom is -0.392 e. The minimum absolute atomic E-state index is 0.0937. The number of aliphatic hydroxyl groups excluding tert-OH is 1. The highest BCUT2D eigenvalue weighted by Crippen LogP contribution is 2.17. The van der Waals surface area contributed by atoms with Gasteiger partial charge in [0, 0.05) is 13.1 Å². The second-order valence-electron chi connectivity index (χ2n) is 4.19. The van der Waals surface area contributed by atoms with Crippen LogP contribution < -0.4 is 0 Å². The van der Waals surface area contributed by atoms with Gasteiger partial charge in [-0.15, -0.1) is 0 Å². The van der Waals surface area contributed by atoms with Crippen molar-refractivity contribution in [3.05, 3.63) is 42.0 Å². The van der Waals surface area contributed by atoms with E-state index in [4.69, 9.17) is 5.11 Å². The highest BCUT2D eigenvalue weighted by Gasteiger charge is 2.22. The molecule has 1 aromatic carbocycles. The molecule has 1 rings (SSSR count). The maximum Gasteiger partial charge on any atom is 0.243 e. The molecule has 100 valence electrons. The normalized spacial score (nSPS) is 11.8. The summed E-state index contributed by atoms with van der Waals surface area (Å²) in [5.74, 6) is 0. The topological polar surface area (TPSA) is 57.6 Å². The first kappa shape index (κ1) is 14.9. The first-order valence-electron chi connectivity index (χ1n) is 5.76. The van der Waals surface area contributed by atoms with E-state index in [2.05, 4.69) is 6.58 Å². The van der Waals surface area contributed by atoms with Gasteiger partial charge in [-0.1, -0.05) is 31.2 Å². The van der Waals surface area contributed by atoms with Crippen LogP contribution >= 0.6 is 0 Å². The summed E-state index contributed by atoms with van der Waals surface area (Å²) in [6.45, 7) is 7.96. The Hall–Kier alpha value is -1.17. The van der Waals surface area contributed by atoms with Crippen LogP contribution in [-0.4, -0.2) is 30.9 Å². The molecule has 0 unspecified atom stereocenters. The van der Waals surface area contributed by atoms with Crippen LogP contribution in [-0.2, 0) is 16.6 Å². The van der Waals surface area contributed by atoms with Gasteiger partial charge in [0.25, 0.3) is 0 Å². The van der Waals surface area contributed by atoms with Crippen molar-refractivity contribution in [2.75, 3.05) is 13.1 Å². The molecule has 4 nitrogen and oxygen atoms in total. The first-order valence-corrected chi connectivity index (χ1v) is 7.20. The lowest BCUT2D eigenvalue weighted by Crippen LogP contribution is -2.32. The molecule has 0 bridgehead atoms. The second kappa shape index (κ2) is 6.13. The van der Waals surface area contributed by atoms with Gasteiger partial charge in [-0.2, -0.15) is 4.31 Å². The van der Waals surface area contributed by atoms with Crippen molar-refractivity contribution >= 4 is 10.0 Å². The Balaban J connectivity index is 3.06. The molecule has 0 heterocycles. The average molecular weight is 269 g/mol. The van der Waals surface area contributed by atoms with Crippen LogP contribution in [0.5, 0.6) is 0 Å². The lowest BCUT2D eigenvalue weighted by molar-refractivity contribution is 0.281. The summed E-state index contributed by atoms with van der Waals surface area (Å²) in [5.41, 5.74) is 1.49. The number of benzene rings is 1. The van der Waals surface area contributed by atoms with Gasteiger partial charge in [0.1, 0.15) is 0 Å². The molecule has 18 heavy (non-hydrogen) atoms. The maximum atomic E-state index is 12.3. The van der Waals surface area contributed by atoms with Crippen LogP contribution in [0.3, 0.4) is 0 Å². The van der Waals surface area contributed by atoms with Crippen LogP contribution in [0.2, 0.25) is 0 Å². The van der Waals surface area contributed by atoms with E-state index in [1.165, 1.54) is 16.4 Å². The quantitative estimate of drug-likeness (QED) is 0.801. The highest BCUT2D eigenvalue weighted by atomic mass is 32.2. The average Bonchev–Trinajstić information content (AvgIpc) is 2.35. The third kappa shape index (κ3) is 3.41. The SMILES string of the molecule is C=C(C)CN(CC)S(=O)(=O)c1ccc(CO)cc1. The summed E-state index contributed by atoms with van der Waals surface area (Å²) in [5, 5.41) is 8.93. The van der Waals surface area contributed by atoms with Crippen LogP contribution in [0.15, 0.2) is 41.3 Å². The van der Waals surface area contributed by atoms with Gasteiger partial charge in [-0.05, 0) is 24.6 Å². The number of hydrogen-bond donors (Lipinski definition) is 1. The predicted octanol–water partition coefficient (Wildman–Crippen LogP) is 1.77. The van der Waals surface area contributed by atoms with Gasteiger partial charge < -0.3 is 5.11 Å². The summed E-state index contributed by atoms with van der Waals surface area (Å²) in [6, 6.07) is 6.26. The lowest BCUT2D eigenvalue weighted by atomic mass is 10.2. The monoisotopic (exact) mass is 269 g/mol. The molecular formula is C13H19NO3S. The molecule has 0 spiro atoms. The Kier molecular flexibility index (Phi) is 5.07. The molecule has 0 aliphatic rings. The van der Waals surface area contributed by atoms with Crippen molar-refractivity contribution in [2.24, 2.45) is 0 Å². The van der Waals surface area contributed by atoms with Crippen molar-refractivity contribution in [3.8, 4) is 0 Å². The molecule has 1 aromatic rings. The molecule has 0 fully saturated rings. The van der Waals surface area contributed by atoms with Gasteiger partial charge >= 0.3 is 0 Å². The van der Waals surface area contributed by atoms with Crippen LogP contribution in [0.1, 0.15) is 19.4 Å². The lowest BCUT2D eigenvalue weighted by Gasteiger charge is -2.20. The molecule has 0 amide bonds. The van der Waals surface area contributed by atoms with Gasteiger partial charge in [-0.3, -0.25) is 0 Å². The summed E-state index contributed by atoms with van der Waals surface area (Å²) in [7, 11) is -3.48. The molecule has 0 aromatic heterocycles. The highest BCUT2D eigenvalue weighted by molar-refractivity contribution is 7.89. The summed E-state index contributed by atoms with van der Waals surface area (Å²) >= 11 is 0. The standard InChI is InChI=1S/C13H19NO3S/c1-4-14(9-11(2)3)18(16,17)13-7-5-12(10-15)6-8-13/h5-8,15H,2,4,9-10H2,1,3H3. The van der Waals surface area contributed by atoms with E-state index in [9.17, 15) is 8.42 Å². The number of aliphatic hydroxyl groups is 1. The van der Waals surface area contributed by atoms with Crippen LogP contribution in [0.25, 0.3) is 0 Å². The van der Waals surface area contributed by atoms with Gasteiger partial charge in [0.2, 0.25) is 10.0 Å². The Morgan fingerprint density at radius 3 is 2.28 bits per heavy atom. The number of sulfonamides is 1. The zero-order chi connectivity index (χ0) is 13.8. The largest absolute Gasteiger partial charge is 0.392 e. The number of rotatable bonds is 6. The molecule has 0 saturated carbocycles. The van der Waals surface area contributed by atoms with E-state index in [1.807, 2.05) is 0 Å². The van der Waals surface area contributed by atoms with Gasteiger partial charge in [0.05, 0.1) is 11.5 Å². The fourth-order valence-corrected chi connectivity index (χ4v) is 3.09. The van der Waals surface area contributed by atoms with E-state index < -0.39 is 10.0 Å². The van der Waals surface area contributed by atoms with E-state index in [0.717, 1.165) is 5.57 Å². The number of nitrogens with zero attached hydrogens (tertiary/aromatic N) is 1. The van der Waals surface area contributed by atoms with Gasteiger partial charge in [0.15, 0.2) is 0 Å². The number of likely N-dealkylation sites (N-methyl/N-ethyl adjacent to an activating group) is 1. The van der Waals surface area contributed by atoms with E-state index in [0.29, 0.717) is 18.7 Å². The zero-order valence-electron chi connectivity index (χ0n) is 10.8. The van der Waals surface area contributed by atoms with E-state index >= 15 is 0 Å². The third-order valence-corrected chi connectivity index (χ3v) is 4.48. The van der Waals surface area contributed by atoms with Crippen molar-refractivity contribution in [3.63, 3.8) is 0 Å². The Labute approximate surface area is 109 Å². The predicted molar refractivity (Wildman–Crippen MR) is 71.6 cm³/mol. The first-order chi connectivity index (χ1) is 8.41. The van der Waals surface area contributed by atoms with Crippen LogP contribution in [0, 0.1) is 0 Å². The van der Waals surface area contributed by atoms with Crippen molar-refractivity contribution in [1.29, 1.82) is 0 Å². The van der Waals surface area contributed by atoms with Crippen LogP contribution in [0.4, 0.5) is 0 Å². The Morgan fingerprint density at radius 2 is 1.89 bits per heavy atom. The second-order valence-corrected chi connectivity index (χ2v) is 6.13. The van der Waals surface area contributed by atoms with Crippen molar-refractivity contribution in [1.82, 2.24) is 4.31 Å². The van der Waals surface area contributed by atoms with Gasteiger partial charge in [-0.25, -0.2) is 8.42 Å². The summed E-state index contributed by atoms with van der Waals surface area (Å²) in [6.07, 6.45) is 0. The van der Waals surface area contributed by atoms with E-state index in [1.54, 1.807) is 26.0 Å². The number of hydrogen-bond acceptors (Lipinski definition) is 3. The minimum atomic E-state index is -3.48. The maximum absolute atomic E-state index is 12.3. The Morgan fingerprint density at radius 1 is 1.33 bits per heavy atom. The molecule has 0 atom stereocenters. The van der Waals surface area contributed by atoms with E-state index in [-0.39, 0.29) is 11.5 Å². The van der Waals surface area contributed by atoms with Crippen molar-refractivity contribution < 1.29 is 13.5 Å². The molecule has 0 saturated heterocycles. The zero-order valence-corrected chi connectivity index (χ0v) is 11.6. The molecule has 0 radical (unpaired) electrons. The fourth-order valence-electron chi connectivity index (χ4n) is 1.58. The molecule has 0 aliphatic heterocycles. The molecule has 1 N–H and O–H groups in total.